The van der Waals surface area contributed by atoms with Gasteiger partial charge < -0.3 is 10.6 Å². The molecule has 19 heavy (non-hydrogen) atoms. The Hall–Kier alpha value is -0.960. The minimum absolute atomic E-state index is 0.0758. The summed E-state index contributed by atoms with van der Waals surface area (Å²) in [7, 11) is 0. The molecule has 0 bridgehead atoms. The van der Waals surface area contributed by atoms with Gasteiger partial charge in [0.1, 0.15) is 11.5 Å². The van der Waals surface area contributed by atoms with Gasteiger partial charge in [-0.15, -0.1) is 0 Å². The number of nitro groups is 1. The lowest BCUT2D eigenvalue weighted by Gasteiger charge is -2.31. The highest BCUT2D eigenvalue weighted by Gasteiger charge is 2.24. The number of anilines is 1. The van der Waals surface area contributed by atoms with Gasteiger partial charge in [0.05, 0.1) is 8.49 Å². The van der Waals surface area contributed by atoms with Crippen molar-refractivity contribution in [2.24, 2.45) is 0 Å². The molecule has 1 heterocycles. The Bertz CT molecular complexity index is 498. The van der Waals surface area contributed by atoms with Crippen molar-refractivity contribution in [1.82, 2.24) is 5.32 Å². The minimum Gasteiger partial charge on any atom is -0.375 e. The molecule has 0 spiro atoms. The molecule has 2 atom stereocenters. The van der Waals surface area contributed by atoms with E-state index < -0.39 is 10.7 Å². The van der Waals surface area contributed by atoms with Crippen LogP contribution in [0.25, 0.3) is 0 Å². The summed E-state index contributed by atoms with van der Waals surface area (Å²) >= 11 is 1.76. The van der Waals surface area contributed by atoms with E-state index in [2.05, 4.69) is 10.6 Å². The summed E-state index contributed by atoms with van der Waals surface area (Å²) in [6.45, 7) is 2.97. The third kappa shape index (κ3) is 3.33. The fourth-order valence-corrected chi connectivity index (χ4v) is 2.69. The molecule has 0 amide bonds. The van der Waals surface area contributed by atoms with Gasteiger partial charge in [-0.25, -0.2) is 4.39 Å². The predicted octanol–water partition coefficient (Wildman–Crippen LogP) is 2.89. The number of benzene rings is 1. The first kappa shape index (κ1) is 14.4. The molecule has 7 heteroatoms. The van der Waals surface area contributed by atoms with Gasteiger partial charge in [0, 0.05) is 24.2 Å². The van der Waals surface area contributed by atoms with Crippen molar-refractivity contribution in [3.8, 4) is 0 Å². The molecule has 0 saturated carbocycles. The summed E-state index contributed by atoms with van der Waals surface area (Å²) in [4.78, 5) is 10.6. The molecule has 1 fully saturated rings. The number of nitro benzene ring substituents is 1. The van der Waals surface area contributed by atoms with Crippen LogP contribution in [-0.2, 0) is 0 Å². The second kappa shape index (κ2) is 6.00. The molecule has 0 aliphatic carbocycles. The molecule has 0 aromatic heterocycles. The van der Waals surface area contributed by atoms with E-state index in [1.54, 1.807) is 22.6 Å². The van der Waals surface area contributed by atoms with E-state index in [1.165, 1.54) is 12.1 Å². The zero-order valence-electron chi connectivity index (χ0n) is 10.5. The third-order valence-corrected chi connectivity index (χ3v) is 4.16. The fourth-order valence-electron chi connectivity index (χ4n) is 2.24. The molecule has 0 radical (unpaired) electrons. The first-order chi connectivity index (χ1) is 8.99. The highest BCUT2D eigenvalue weighted by molar-refractivity contribution is 14.1. The minimum atomic E-state index is -0.481. The van der Waals surface area contributed by atoms with Crippen molar-refractivity contribution in [3.63, 3.8) is 0 Å². The molecule has 2 unspecified atom stereocenters. The van der Waals surface area contributed by atoms with Crippen LogP contribution < -0.4 is 10.6 Å². The van der Waals surface area contributed by atoms with Crippen molar-refractivity contribution in [2.45, 2.75) is 31.8 Å². The fraction of sp³-hybridized carbons (Fsp3) is 0.500. The number of hydrogen-bond acceptors (Lipinski definition) is 4. The molecule has 1 saturated heterocycles. The lowest BCUT2D eigenvalue weighted by molar-refractivity contribution is -0.384. The highest BCUT2D eigenvalue weighted by Crippen LogP contribution is 2.30. The van der Waals surface area contributed by atoms with Gasteiger partial charge in [-0.2, -0.15) is 0 Å². The maximum atomic E-state index is 13.6. The van der Waals surface area contributed by atoms with Crippen molar-refractivity contribution < 1.29 is 9.31 Å². The Morgan fingerprint density at radius 1 is 1.58 bits per heavy atom. The maximum Gasteiger partial charge on any atom is 0.293 e. The number of nitrogens with zero attached hydrogens (tertiary/aromatic N) is 1. The van der Waals surface area contributed by atoms with Gasteiger partial charge in [0.15, 0.2) is 0 Å². The summed E-state index contributed by atoms with van der Waals surface area (Å²) < 4.78 is 13.8. The van der Waals surface area contributed by atoms with Crippen LogP contribution in [0.2, 0.25) is 0 Å². The standard InChI is InChI=1S/C12H15FIN3O2/c1-7-10(3-2-4-15-7)16-11-5-8(13)9(14)6-12(11)17(18)19/h5-7,10,15-16H,2-4H2,1H3. The third-order valence-electron chi connectivity index (χ3n) is 3.34. The van der Waals surface area contributed by atoms with Crippen LogP contribution in [-0.4, -0.2) is 23.6 Å². The van der Waals surface area contributed by atoms with Crippen molar-refractivity contribution in [2.75, 3.05) is 11.9 Å². The zero-order chi connectivity index (χ0) is 14.0. The van der Waals surface area contributed by atoms with Crippen LogP contribution in [0.1, 0.15) is 19.8 Å². The van der Waals surface area contributed by atoms with Crippen molar-refractivity contribution in [1.29, 1.82) is 0 Å². The van der Waals surface area contributed by atoms with E-state index in [4.69, 9.17) is 0 Å². The van der Waals surface area contributed by atoms with Gasteiger partial charge >= 0.3 is 0 Å². The molecule has 1 aliphatic rings. The molecule has 104 valence electrons. The van der Waals surface area contributed by atoms with Gasteiger partial charge in [-0.1, -0.05) is 0 Å². The number of halogens is 2. The second-order valence-corrected chi connectivity index (χ2v) is 5.84. The number of nitrogens with one attached hydrogen (secondary N) is 2. The van der Waals surface area contributed by atoms with Gasteiger partial charge in [0.25, 0.3) is 5.69 Å². The van der Waals surface area contributed by atoms with Gasteiger partial charge in [0.2, 0.25) is 0 Å². The quantitative estimate of drug-likeness (QED) is 0.482. The zero-order valence-corrected chi connectivity index (χ0v) is 12.6. The molecular formula is C12H15FIN3O2. The Morgan fingerprint density at radius 2 is 2.32 bits per heavy atom. The molecule has 2 N–H and O–H groups in total. The monoisotopic (exact) mass is 379 g/mol. The Balaban J connectivity index is 2.27. The lowest BCUT2D eigenvalue weighted by Crippen LogP contribution is -2.46. The molecule has 1 aromatic carbocycles. The Labute approximate surface area is 124 Å². The van der Waals surface area contributed by atoms with E-state index in [1.807, 2.05) is 6.92 Å². The molecule has 1 aliphatic heterocycles. The van der Waals surface area contributed by atoms with Crippen LogP contribution in [0.4, 0.5) is 15.8 Å². The van der Waals surface area contributed by atoms with Crippen LogP contribution >= 0.6 is 22.6 Å². The summed E-state index contributed by atoms with van der Waals surface area (Å²) in [5.74, 6) is -0.440. The molecule has 2 rings (SSSR count). The highest BCUT2D eigenvalue weighted by atomic mass is 127. The largest absolute Gasteiger partial charge is 0.375 e. The SMILES string of the molecule is CC1NCCCC1Nc1cc(F)c(I)cc1[N+](=O)[O-]. The van der Waals surface area contributed by atoms with Crippen LogP contribution in [0.5, 0.6) is 0 Å². The maximum absolute atomic E-state index is 13.6. The average molecular weight is 379 g/mol. The summed E-state index contributed by atoms with van der Waals surface area (Å²) in [5.41, 5.74) is 0.173. The smallest absolute Gasteiger partial charge is 0.293 e. The van der Waals surface area contributed by atoms with Crippen molar-refractivity contribution >= 4 is 34.0 Å². The lowest BCUT2D eigenvalue weighted by atomic mass is 9.99. The van der Waals surface area contributed by atoms with Gasteiger partial charge in [-0.3, -0.25) is 10.1 Å². The van der Waals surface area contributed by atoms with Gasteiger partial charge in [-0.05, 0) is 48.9 Å². The molecule has 1 aromatic rings. The Morgan fingerprint density at radius 3 is 2.95 bits per heavy atom. The molecular weight excluding hydrogens is 364 g/mol. The van der Waals surface area contributed by atoms with E-state index in [0.717, 1.165) is 19.4 Å². The number of hydrogen-bond donors (Lipinski definition) is 2. The summed E-state index contributed by atoms with van der Waals surface area (Å²) in [6, 6.07) is 2.75. The predicted molar refractivity (Wildman–Crippen MR) is 79.9 cm³/mol. The first-order valence-corrected chi connectivity index (χ1v) is 7.20. The van der Waals surface area contributed by atoms with Crippen LogP contribution in [0, 0.1) is 19.5 Å². The number of piperidine rings is 1. The second-order valence-electron chi connectivity index (χ2n) is 4.68. The van der Waals surface area contributed by atoms with E-state index in [-0.39, 0.29) is 27.0 Å². The van der Waals surface area contributed by atoms with Crippen LogP contribution in [0.15, 0.2) is 12.1 Å². The summed E-state index contributed by atoms with van der Waals surface area (Å²) in [6.07, 6.45) is 1.92. The Kier molecular flexibility index (Phi) is 4.56. The van der Waals surface area contributed by atoms with E-state index in [9.17, 15) is 14.5 Å². The number of rotatable bonds is 3. The van der Waals surface area contributed by atoms with Crippen molar-refractivity contribution in [3.05, 3.63) is 31.6 Å². The normalized spacial score (nSPS) is 23.1. The van der Waals surface area contributed by atoms with E-state index >= 15 is 0 Å². The average Bonchev–Trinajstić information content (AvgIpc) is 2.36. The van der Waals surface area contributed by atoms with Crippen LogP contribution in [0.3, 0.4) is 0 Å². The first-order valence-electron chi connectivity index (χ1n) is 6.12. The summed E-state index contributed by atoms with van der Waals surface area (Å²) in [5, 5.41) is 17.4. The van der Waals surface area contributed by atoms with E-state index in [0.29, 0.717) is 0 Å². The molecule has 5 nitrogen and oxygen atoms in total. The topological polar surface area (TPSA) is 67.2 Å².